The number of hydrogen-bond donors (Lipinski definition) is 1. The Hall–Kier alpha value is -2.37. The summed E-state index contributed by atoms with van der Waals surface area (Å²) in [4.78, 5) is 12.9. The van der Waals surface area contributed by atoms with Gasteiger partial charge in [-0.2, -0.15) is 0 Å². The molecule has 2 aromatic rings. The van der Waals surface area contributed by atoms with Crippen molar-refractivity contribution in [1.29, 1.82) is 0 Å². The van der Waals surface area contributed by atoms with Gasteiger partial charge in [0.2, 0.25) is 0 Å². The summed E-state index contributed by atoms with van der Waals surface area (Å²) >= 11 is 0. The molecule has 1 aliphatic rings. The van der Waals surface area contributed by atoms with E-state index >= 15 is 0 Å². The van der Waals surface area contributed by atoms with Crippen LogP contribution in [-0.2, 0) is 16.1 Å². The van der Waals surface area contributed by atoms with Crippen LogP contribution in [0.1, 0.15) is 23.7 Å². The van der Waals surface area contributed by atoms with Gasteiger partial charge < -0.3 is 14.6 Å². The van der Waals surface area contributed by atoms with E-state index in [9.17, 15) is 4.79 Å². The van der Waals surface area contributed by atoms with Gasteiger partial charge in [-0.05, 0) is 23.3 Å². The first-order valence-corrected chi connectivity index (χ1v) is 8.53. The van der Waals surface area contributed by atoms with Gasteiger partial charge in [0.25, 0.3) is 0 Å². The van der Waals surface area contributed by atoms with Crippen LogP contribution in [0.15, 0.2) is 54.6 Å². The molecular formula is C20H23NO4. The van der Waals surface area contributed by atoms with Crippen molar-refractivity contribution >= 4 is 5.97 Å². The molecule has 1 fully saturated rings. The van der Waals surface area contributed by atoms with Gasteiger partial charge in [-0.25, -0.2) is 0 Å². The molecule has 1 atom stereocenters. The fourth-order valence-corrected chi connectivity index (χ4v) is 2.91. The minimum Gasteiger partial charge on any atom is -0.489 e. The van der Waals surface area contributed by atoms with Gasteiger partial charge in [-0.3, -0.25) is 9.69 Å². The predicted octanol–water partition coefficient (Wildman–Crippen LogP) is 3.11. The summed E-state index contributed by atoms with van der Waals surface area (Å²) in [6.45, 7) is 3.17. The molecule has 25 heavy (non-hydrogen) atoms. The van der Waals surface area contributed by atoms with Crippen LogP contribution < -0.4 is 4.74 Å². The number of carboxylic acid groups (broad SMARTS) is 1. The molecule has 1 unspecified atom stereocenters. The van der Waals surface area contributed by atoms with E-state index in [4.69, 9.17) is 14.6 Å². The van der Waals surface area contributed by atoms with Gasteiger partial charge >= 0.3 is 5.97 Å². The Kier molecular flexibility index (Phi) is 6.04. The van der Waals surface area contributed by atoms with Crippen LogP contribution in [0.4, 0.5) is 0 Å². The number of carboxylic acids is 1. The Morgan fingerprint density at radius 1 is 1.20 bits per heavy atom. The summed E-state index contributed by atoms with van der Waals surface area (Å²) in [5.41, 5.74) is 2.19. The lowest BCUT2D eigenvalue weighted by Gasteiger charge is -2.32. The summed E-state index contributed by atoms with van der Waals surface area (Å²) in [5, 5.41) is 8.84. The molecule has 0 saturated carbocycles. The Labute approximate surface area is 147 Å². The first-order valence-electron chi connectivity index (χ1n) is 8.53. The number of nitrogens with zero attached hydrogens (tertiary/aromatic N) is 1. The van der Waals surface area contributed by atoms with E-state index in [2.05, 4.69) is 4.90 Å². The fourth-order valence-electron chi connectivity index (χ4n) is 2.91. The number of benzene rings is 2. The SMILES string of the molecule is O=C(O)CCN1CCOC(c2cccc(OCc3ccccc3)c2)C1. The molecule has 2 aromatic carbocycles. The summed E-state index contributed by atoms with van der Waals surface area (Å²) in [6, 6.07) is 18.0. The van der Waals surface area contributed by atoms with Crippen molar-refractivity contribution in [2.45, 2.75) is 19.1 Å². The number of rotatable bonds is 7. The maximum atomic E-state index is 10.8. The Morgan fingerprint density at radius 2 is 2.04 bits per heavy atom. The van der Waals surface area contributed by atoms with E-state index in [1.807, 2.05) is 54.6 Å². The summed E-state index contributed by atoms with van der Waals surface area (Å²) in [6.07, 6.45) is 0.107. The van der Waals surface area contributed by atoms with Crippen LogP contribution in [0, 0.1) is 0 Å². The number of carbonyl (C=O) groups is 1. The molecule has 132 valence electrons. The molecule has 5 heteroatoms. The van der Waals surface area contributed by atoms with E-state index in [-0.39, 0.29) is 12.5 Å². The normalized spacial score (nSPS) is 18.0. The quantitative estimate of drug-likeness (QED) is 0.838. The highest BCUT2D eigenvalue weighted by Gasteiger charge is 2.22. The molecule has 1 aliphatic heterocycles. The van der Waals surface area contributed by atoms with Gasteiger partial charge in [0, 0.05) is 19.6 Å². The molecule has 0 bridgehead atoms. The van der Waals surface area contributed by atoms with E-state index < -0.39 is 5.97 Å². The van der Waals surface area contributed by atoms with E-state index in [1.165, 1.54) is 0 Å². The van der Waals surface area contributed by atoms with Crippen LogP contribution in [0.5, 0.6) is 5.75 Å². The number of aliphatic carboxylic acids is 1. The molecule has 1 heterocycles. The van der Waals surface area contributed by atoms with Crippen LogP contribution in [-0.4, -0.2) is 42.2 Å². The number of ether oxygens (including phenoxy) is 2. The number of morpholine rings is 1. The molecular weight excluding hydrogens is 318 g/mol. The second-order valence-corrected chi connectivity index (χ2v) is 6.15. The van der Waals surface area contributed by atoms with Crippen LogP contribution >= 0.6 is 0 Å². The largest absolute Gasteiger partial charge is 0.489 e. The lowest BCUT2D eigenvalue weighted by atomic mass is 10.1. The highest BCUT2D eigenvalue weighted by Crippen LogP contribution is 2.26. The molecule has 0 amide bonds. The van der Waals surface area contributed by atoms with Gasteiger partial charge in [-0.15, -0.1) is 0 Å². The van der Waals surface area contributed by atoms with Crippen LogP contribution in [0.25, 0.3) is 0 Å². The summed E-state index contributed by atoms with van der Waals surface area (Å²) in [7, 11) is 0. The van der Waals surface area contributed by atoms with Gasteiger partial charge in [0.1, 0.15) is 12.4 Å². The van der Waals surface area contributed by atoms with E-state index in [0.717, 1.165) is 23.4 Å². The highest BCUT2D eigenvalue weighted by atomic mass is 16.5. The minimum atomic E-state index is -0.764. The molecule has 0 radical (unpaired) electrons. The topological polar surface area (TPSA) is 59.0 Å². The lowest BCUT2D eigenvalue weighted by molar-refractivity contribution is -0.137. The smallest absolute Gasteiger partial charge is 0.304 e. The first-order chi connectivity index (χ1) is 12.2. The van der Waals surface area contributed by atoms with Gasteiger partial charge in [-0.1, -0.05) is 42.5 Å². The highest BCUT2D eigenvalue weighted by molar-refractivity contribution is 5.66. The van der Waals surface area contributed by atoms with Gasteiger partial charge in [0.15, 0.2) is 0 Å². The summed E-state index contributed by atoms with van der Waals surface area (Å²) in [5.74, 6) is 0.0481. The Morgan fingerprint density at radius 3 is 2.84 bits per heavy atom. The molecule has 1 N–H and O–H groups in total. The molecule has 0 aliphatic carbocycles. The first kappa shape index (κ1) is 17.5. The van der Waals surface area contributed by atoms with Crippen molar-refractivity contribution in [3.8, 4) is 5.75 Å². The molecule has 5 nitrogen and oxygen atoms in total. The zero-order chi connectivity index (χ0) is 17.5. The van der Waals surface area contributed by atoms with Crippen molar-refractivity contribution in [1.82, 2.24) is 4.90 Å². The predicted molar refractivity (Wildman–Crippen MR) is 94.6 cm³/mol. The van der Waals surface area contributed by atoms with Crippen molar-refractivity contribution in [3.63, 3.8) is 0 Å². The van der Waals surface area contributed by atoms with Crippen LogP contribution in [0.2, 0.25) is 0 Å². The fraction of sp³-hybridized carbons (Fsp3) is 0.350. The van der Waals surface area contributed by atoms with E-state index in [1.54, 1.807) is 0 Å². The second kappa shape index (κ2) is 8.65. The zero-order valence-electron chi connectivity index (χ0n) is 14.1. The third-order valence-corrected chi connectivity index (χ3v) is 4.27. The molecule has 1 saturated heterocycles. The van der Waals surface area contributed by atoms with Crippen LogP contribution in [0.3, 0.4) is 0 Å². The average Bonchev–Trinajstić information content (AvgIpc) is 2.66. The Balaban J connectivity index is 1.59. The van der Waals surface area contributed by atoms with Crippen molar-refractivity contribution in [3.05, 3.63) is 65.7 Å². The molecule has 0 aromatic heterocycles. The Bertz CT molecular complexity index is 689. The van der Waals surface area contributed by atoms with Gasteiger partial charge in [0.05, 0.1) is 19.1 Å². The second-order valence-electron chi connectivity index (χ2n) is 6.15. The standard InChI is InChI=1S/C20H23NO4/c22-20(23)9-10-21-11-12-24-19(14-21)17-7-4-8-18(13-17)25-15-16-5-2-1-3-6-16/h1-8,13,19H,9-12,14-15H2,(H,22,23). The number of hydrogen-bond acceptors (Lipinski definition) is 4. The lowest BCUT2D eigenvalue weighted by Crippen LogP contribution is -2.39. The average molecular weight is 341 g/mol. The van der Waals surface area contributed by atoms with Crippen molar-refractivity contribution < 1.29 is 19.4 Å². The maximum absolute atomic E-state index is 10.8. The minimum absolute atomic E-state index is 0.0529. The third-order valence-electron chi connectivity index (χ3n) is 4.27. The maximum Gasteiger partial charge on any atom is 0.304 e. The molecule has 0 spiro atoms. The zero-order valence-corrected chi connectivity index (χ0v) is 14.1. The van der Waals surface area contributed by atoms with Crippen molar-refractivity contribution in [2.75, 3.05) is 26.2 Å². The molecule has 3 rings (SSSR count). The monoisotopic (exact) mass is 341 g/mol. The summed E-state index contributed by atoms with van der Waals surface area (Å²) < 4.78 is 11.8. The van der Waals surface area contributed by atoms with E-state index in [0.29, 0.717) is 26.3 Å². The van der Waals surface area contributed by atoms with Crippen molar-refractivity contribution in [2.24, 2.45) is 0 Å². The third kappa shape index (κ3) is 5.31.